The SMILES string of the molecule is COc1nc(Nc2nccc(-c3ccc(OC4CCOCC4)c(C#N)c3)n2)ccc1C(=O)N(C)C. The third-order valence-electron chi connectivity index (χ3n) is 5.44. The molecule has 1 fully saturated rings. The number of nitrogens with zero attached hydrogens (tertiary/aromatic N) is 5. The molecule has 1 saturated heterocycles. The van der Waals surface area contributed by atoms with Crippen molar-refractivity contribution in [2.45, 2.75) is 18.9 Å². The van der Waals surface area contributed by atoms with E-state index in [4.69, 9.17) is 14.2 Å². The summed E-state index contributed by atoms with van der Waals surface area (Å²) in [5.74, 6) is 1.27. The van der Waals surface area contributed by atoms with Crippen LogP contribution in [0.1, 0.15) is 28.8 Å². The zero-order valence-corrected chi connectivity index (χ0v) is 19.8. The number of hydrogen-bond acceptors (Lipinski definition) is 9. The van der Waals surface area contributed by atoms with Crippen LogP contribution in [0.15, 0.2) is 42.6 Å². The maximum Gasteiger partial charge on any atom is 0.258 e. The molecular weight excluding hydrogens is 448 g/mol. The number of hydrogen-bond donors (Lipinski definition) is 1. The first kappa shape index (κ1) is 23.9. The number of ether oxygens (including phenoxy) is 3. The predicted molar refractivity (Wildman–Crippen MR) is 129 cm³/mol. The van der Waals surface area contributed by atoms with Gasteiger partial charge in [0.25, 0.3) is 5.91 Å². The quantitative estimate of drug-likeness (QED) is 0.549. The van der Waals surface area contributed by atoms with Gasteiger partial charge in [0.05, 0.1) is 31.6 Å². The lowest BCUT2D eigenvalue weighted by atomic mass is 10.1. The monoisotopic (exact) mass is 474 g/mol. The average Bonchev–Trinajstić information content (AvgIpc) is 2.89. The lowest BCUT2D eigenvalue weighted by Gasteiger charge is -2.23. The number of nitriles is 1. The van der Waals surface area contributed by atoms with E-state index < -0.39 is 0 Å². The number of carbonyl (C=O) groups excluding carboxylic acids is 1. The maximum absolute atomic E-state index is 12.3. The Morgan fingerprint density at radius 3 is 2.69 bits per heavy atom. The Morgan fingerprint density at radius 1 is 1.17 bits per heavy atom. The fourth-order valence-electron chi connectivity index (χ4n) is 3.62. The first-order valence-corrected chi connectivity index (χ1v) is 11.1. The number of carbonyl (C=O) groups is 1. The number of rotatable bonds is 7. The lowest BCUT2D eigenvalue weighted by molar-refractivity contribution is 0.0254. The molecule has 1 aliphatic rings. The molecule has 0 atom stereocenters. The van der Waals surface area contributed by atoms with Crippen LogP contribution in [0.25, 0.3) is 11.3 Å². The van der Waals surface area contributed by atoms with Crippen molar-refractivity contribution in [2.24, 2.45) is 0 Å². The minimum absolute atomic E-state index is 0.0421. The molecular formula is C25H26N6O4. The Balaban J connectivity index is 1.54. The van der Waals surface area contributed by atoms with Crippen molar-refractivity contribution in [1.82, 2.24) is 19.9 Å². The van der Waals surface area contributed by atoms with Gasteiger partial charge in [-0.25, -0.2) is 9.97 Å². The van der Waals surface area contributed by atoms with Crippen molar-refractivity contribution in [2.75, 3.05) is 39.7 Å². The van der Waals surface area contributed by atoms with Crippen molar-refractivity contribution in [1.29, 1.82) is 5.26 Å². The predicted octanol–water partition coefficient (Wildman–Crippen LogP) is 3.42. The fraction of sp³-hybridized carbons (Fsp3) is 0.320. The molecule has 1 aliphatic heterocycles. The van der Waals surface area contributed by atoms with E-state index in [1.165, 1.54) is 12.0 Å². The normalized spacial score (nSPS) is 13.5. The van der Waals surface area contributed by atoms with E-state index in [9.17, 15) is 10.1 Å². The van der Waals surface area contributed by atoms with Crippen molar-refractivity contribution in [3.63, 3.8) is 0 Å². The summed E-state index contributed by atoms with van der Waals surface area (Å²) in [5.41, 5.74) is 2.17. The minimum atomic E-state index is -0.211. The molecule has 10 heteroatoms. The Hall–Kier alpha value is -4.23. The average molecular weight is 475 g/mol. The second kappa shape index (κ2) is 10.8. The van der Waals surface area contributed by atoms with Crippen LogP contribution in [0.4, 0.5) is 11.8 Å². The summed E-state index contributed by atoms with van der Waals surface area (Å²) in [4.78, 5) is 26.9. The molecule has 0 saturated carbocycles. The molecule has 4 rings (SSSR count). The van der Waals surface area contributed by atoms with E-state index in [1.807, 2.05) is 6.07 Å². The first-order chi connectivity index (χ1) is 17.0. The zero-order valence-electron chi connectivity index (χ0n) is 19.8. The summed E-state index contributed by atoms with van der Waals surface area (Å²) in [7, 11) is 4.78. The Morgan fingerprint density at radius 2 is 1.97 bits per heavy atom. The molecule has 1 aromatic carbocycles. The van der Waals surface area contributed by atoms with Gasteiger partial charge in [-0.1, -0.05) is 0 Å². The van der Waals surface area contributed by atoms with Crippen molar-refractivity contribution >= 4 is 17.7 Å². The van der Waals surface area contributed by atoms with Gasteiger partial charge >= 0.3 is 0 Å². The number of pyridine rings is 1. The van der Waals surface area contributed by atoms with Crippen molar-refractivity contribution in [3.8, 4) is 29.0 Å². The number of nitrogens with one attached hydrogen (secondary N) is 1. The largest absolute Gasteiger partial charge is 0.489 e. The summed E-state index contributed by atoms with van der Waals surface area (Å²) < 4.78 is 16.7. The van der Waals surface area contributed by atoms with Gasteiger partial charge in [0.15, 0.2) is 0 Å². The van der Waals surface area contributed by atoms with Gasteiger partial charge < -0.3 is 24.4 Å². The Kier molecular flexibility index (Phi) is 7.38. The van der Waals surface area contributed by atoms with Crippen LogP contribution in [0.3, 0.4) is 0 Å². The third kappa shape index (κ3) is 5.65. The van der Waals surface area contributed by atoms with Crippen LogP contribution in [0.5, 0.6) is 11.6 Å². The molecule has 35 heavy (non-hydrogen) atoms. The second-order valence-corrected chi connectivity index (χ2v) is 8.10. The van der Waals surface area contributed by atoms with Crippen LogP contribution in [-0.4, -0.2) is 66.3 Å². The summed E-state index contributed by atoms with van der Waals surface area (Å²) in [6.45, 7) is 1.33. The van der Waals surface area contributed by atoms with Crippen molar-refractivity contribution < 1.29 is 19.0 Å². The highest BCUT2D eigenvalue weighted by Gasteiger charge is 2.18. The van der Waals surface area contributed by atoms with E-state index in [0.717, 1.165) is 18.4 Å². The molecule has 3 aromatic rings. The van der Waals surface area contributed by atoms with Gasteiger partial charge in [-0.3, -0.25) is 4.79 Å². The van der Waals surface area contributed by atoms with Crippen LogP contribution in [0, 0.1) is 11.3 Å². The molecule has 0 bridgehead atoms. The molecule has 10 nitrogen and oxygen atoms in total. The fourth-order valence-corrected chi connectivity index (χ4v) is 3.62. The highest BCUT2D eigenvalue weighted by molar-refractivity contribution is 5.96. The molecule has 0 unspecified atom stereocenters. The number of anilines is 2. The molecule has 1 N–H and O–H groups in total. The third-order valence-corrected chi connectivity index (χ3v) is 5.44. The molecule has 3 heterocycles. The zero-order chi connectivity index (χ0) is 24.8. The second-order valence-electron chi connectivity index (χ2n) is 8.10. The maximum atomic E-state index is 12.3. The van der Waals surface area contributed by atoms with Crippen LogP contribution >= 0.6 is 0 Å². The van der Waals surface area contributed by atoms with Gasteiger partial charge in [0.1, 0.15) is 29.3 Å². The van der Waals surface area contributed by atoms with E-state index >= 15 is 0 Å². The highest BCUT2D eigenvalue weighted by atomic mass is 16.5. The van der Waals surface area contributed by atoms with Gasteiger partial charge in [0.2, 0.25) is 11.8 Å². The molecule has 180 valence electrons. The highest BCUT2D eigenvalue weighted by Crippen LogP contribution is 2.28. The van der Waals surface area contributed by atoms with Gasteiger partial charge in [-0.05, 0) is 36.4 Å². The topological polar surface area (TPSA) is 122 Å². The molecule has 1 amide bonds. The summed E-state index contributed by atoms with van der Waals surface area (Å²) in [5, 5.41) is 12.7. The molecule has 0 radical (unpaired) electrons. The summed E-state index contributed by atoms with van der Waals surface area (Å²) in [6, 6.07) is 12.7. The first-order valence-electron chi connectivity index (χ1n) is 11.1. The number of amides is 1. The van der Waals surface area contributed by atoms with E-state index in [2.05, 4.69) is 26.3 Å². The smallest absolute Gasteiger partial charge is 0.258 e. The standard InChI is InChI=1S/C25H26N6O4/c1-31(2)24(32)19-5-7-22(29-23(19)33-3)30-25-27-11-8-20(28-25)16-4-6-21(17(14-16)15-26)35-18-9-12-34-13-10-18/h4-8,11,14,18H,9-10,12-13H2,1-3H3,(H,27,28,29,30). The number of aromatic nitrogens is 3. The van der Waals surface area contributed by atoms with E-state index in [1.54, 1.807) is 50.6 Å². The summed E-state index contributed by atoms with van der Waals surface area (Å²) in [6.07, 6.45) is 3.26. The molecule has 2 aromatic heterocycles. The van der Waals surface area contributed by atoms with Crippen LogP contribution in [-0.2, 0) is 4.74 Å². The van der Waals surface area contributed by atoms with Gasteiger partial charge in [0, 0.05) is 38.7 Å². The van der Waals surface area contributed by atoms with Crippen LogP contribution < -0.4 is 14.8 Å². The Bertz CT molecular complexity index is 1250. The Labute approximate surface area is 203 Å². The number of methoxy groups -OCH3 is 1. The molecule has 0 spiro atoms. The van der Waals surface area contributed by atoms with E-state index in [0.29, 0.717) is 47.6 Å². The molecule has 0 aliphatic carbocycles. The van der Waals surface area contributed by atoms with Crippen LogP contribution in [0.2, 0.25) is 0 Å². The van der Waals surface area contributed by atoms with Gasteiger partial charge in [-0.15, -0.1) is 0 Å². The summed E-state index contributed by atoms with van der Waals surface area (Å²) >= 11 is 0. The lowest BCUT2D eigenvalue weighted by Crippen LogP contribution is -2.26. The van der Waals surface area contributed by atoms with E-state index in [-0.39, 0.29) is 17.9 Å². The minimum Gasteiger partial charge on any atom is -0.489 e. The van der Waals surface area contributed by atoms with Crippen molar-refractivity contribution in [3.05, 3.63) is 53.7 Å². The number of benzene rings is 1. The van der Waals surface area contributed by atoms with Gasteiger partial charge in [-0.2, -0.15) is 10.2 Å².